The van der Waals surface area contributed by atoms with Crippen LogP contribution in [0.4, 0.5) is 5.95 Å². The van der Waals surface area contributed by atoms with Gasteiger partial charge in [0.05, 0.1) is 11.0 Å². The Labute approximate surface area is 82.7 Å². The van der Waals surface area contributed by atoms with Crippen LogP contribution in [0.25, 0.3) is 11.0 Å². The van der Waals surface area contributed by atoms with Crippen LogP contribution in [-0.2, 0) is 0 Å². The second kappa shape index (κ2) is 3.67. The molecule has 73 valence electrons. The summed E-state index contributed by atoms with van der Waals surface area (Å²) in [6.07, 6.45) is 0. The number of nitrogens with one attached hydrogen (secondary N) is 1. The first-order valence-corrected chi connectivity index (χ1v) is 4.59. The van der Waals surface area contributed by atoms with Gasteiger partial charge in [0.25, 0.3) is 0 Å². The molecule has 14 heavy (non-hydrogen) atoms. The van der Waals surface area contributed by atoms with Gasteiger partial charge in [-0.25, -0.2) is 4.98 Å². The summed E-state index contributed by atoms with van der Waals surface area (Å²) in [4.78, 5) is 9.59. The van der Waals surface area contributed by atoms with Crippen molar-refractivity contribution in [1.82, 2.24) is 9.97 Å². The van der Waals surface area contributed by atoms with Gasteiger partial charge in [-0.2, -0.15) is 0 Å². The third kappa shape index (κ3) is 1.56. The molecule has 0 amide bonds. The minimum absolute atomic E-state index is 0.622. The number of hydrogen-bond acceptors (Lipinski definition) is 3. The van der Waals surface area contributed by atoms with Gasteiger partial charge in [-0.05, 0) is 6.07 Å². The van der Waals surface area contributed by atoms with Gasteiger partial charge >= 0.3 is 0 Å². The molecule has 0 fully saturated rings. The van der Waals surface area contributed by atoms with Crippen molar-refractivity contribution in [1.29, 1.82) is 0 Å². The van der Waals surface area contributed by atoms with Crippen LogP contribution >= 0.6 is 0 Å². The van der Waals surface area contributed by atoms with Crippen molar-refractivity contribution in [2.24, 2.45) is 5.73 Å². The topological polar surface area (TPSA) is 57.9 Å². The highest BCUT2D eigenvalue weighted by Crippen LogP contribution is 2.14. The van der Waals surface area contributed by atoms with Crippen LogP contribution < -0.4 is 10.6 Å². The molecular formula is C10H13N4. The highest BCUT2D eigenvalue weighted by molar-refractivity contribution is 5.76. The predicted molar refractivity (Wildman–Crippen MR) is 57.3 cm³/mol. The van der Waals surface area contributed by atoms with E-state index in [0.717, 1.165) is 23.5 Å². The Morgan fingerprint density at radius 1 is 1.64 bits per heavy atom. The maximum atomic E-state index is 5.47. The average molecular weight is 189 g/mol. The molecule has 0 aliphatic heterocycles. The number of imidazole rings is 1. The molecule has 0 atom stereocenters. The van der Waals surface area contributed by atoms with Crippen LogP contribution in [0.1, 0.15) is 0 Å². The lowest BCUT2D eigenvalue weighted by molar-refractivity contribution is 0.859. The Morgan fingerprint density at radius 3 is 3.21 bits per heavy atom. The van der Waals surface area contributed by atoms with Crippen molar-refractivity contribution in [3.63, 3.8) is 0 Å². The number of nitrogens with two attached hydrogens (primary N) is 1. The summed E-state index contributed by atoms with van der Waals surface area (Å²) >= 11 is 0. The Bertz CT molecular complexity index is 388. The molecular weight excluding hydrogens is 176 g/mol. The Hall–Kier alpha value is -1.55. The summed E-state index contributed by atoms with van der Waals surface area (Å²) < 4.78 is 0. The zero-order valence-electron chi connectivity index (χ0n) is 8.12. The maximum absolute atomic E-state index is 5.47. The van der Waals surface area contributed by atoms with Crippen LogP contribution in [0, 0.1) is 6.07 Å². The molecule has 1 radical (unpaired) electrons. The molecule has 0 saturated heterocycles. The van der Waals surface area contributed by atoms with Crippen molar-refractivity contribution < 1.29 is 0 Å². The first-order valence-electron chi connectivity index (χ1n) is 4.59. The minimum atomic E-state index is 0.622. The summed E-state index contributed by atoms with van der Waals surface area (Å²) in [6, 6.07) is 8.85. The fourth-order valence-electron chi connectivity index (χ4n) is 1.36. The number of aromatic amines is 1. The number of benzene rings is 1. The molecule has 4 heteroatoms. The minimum Gasteiger partial charge on any atom is -0.344 e. The van der Waals surface area contributed by atoms with E-state index >= 15 is 0 Å². The molecule has 4 nitrogen and oxygen atoms in total. The lowest BCUT2D eigenvalue weighted by Gasteiger charge is -2.13. The number of hydrogen-bond donors (Lipinski definition) is 2. The number of rotatable bonds is 3. The predicted octanol–water partition coefficient (Wildman–Crippen LogP) is 0.758. The third-order valence-corrected chi connectivity index (χ3v) is 2.12. The molecule has 0 spiro atoms. The lowest BCUT2D eigenvalue weighted by Crippen LogP contribution is -2.25. The summed E-state index contributed by atoms with van der Waals surface area (Å²) in [5.74, 6) is 0.841. The quantitative estimate of drug-likeness (QED) is 0.749. The molecule has 2 aromatic rings. The van der Waals surface area contributed by atoms with E-state index in [1.165, 1.54) is 0 Å². The zero-order valence-corrected chi connectivity index (χ0v) is 8.12. The number of likely N-dealkylation sites (N-methyl/N-ethyl adjacent to an activating group) is 1. The molecule has 0 bridgehead atoms. The van der Waals surface area contributed by atoms with E-state index in [-0.39, 0.29) is 0 Å². The normalized spacial score (nSPS) is 10.7. The van der Waals surface area contributed by atoms with E-state index in [1.807, 2.05) is 30.1 Å². The number of para-hydroxylation sites is 1. The second-order valence-corrected chi connectivity index (χ2v) is 3.20. The molecule has 0 saturated carbocycles. The maximum Gasteiger partial charge on any atom is 0.203 e. The van der Waals surface area contributed by atoms with E-state index in [0.29, 0.717) is 6.54 Å². The van der Waals surface area contributed by atoms with E-state index in [1.54, 1.807) is 0 Å². The third-order valence-electron chi connectivity index (χ3n) is 2.12. The molecule has 0 unspecified atom stereocenters. The molecule has 1 heterocycles. The first-order chi connectivity index (χ1) is 6.81. The van der Waals surface area contributed by atoms with Gasteiger partial charge in [-0.3, -0.25) is 0 Å². The lowest BCUT2D eigenvalue weighted by atomic mass is 10.3. The summed E-state index contributed by atoms with van der Waals surface area (Å²) in [5.41, 5.74) is 7.34. The van der Waals surface area contributed by atoms with Crippen LogP contribution in [-0.4, -0.2) is 30.1 Å². The molecule has 1 aromatic carbocycles. The highest BCUT2D eigenvalue weighted by atomic mass is 15.2. The average Bonchev–Trinajstić information content (AvgIpc) is 2.61. The standard InChI is InChI=1S/C10H13N4/c1-14(7-6-11)10-12-8-4-2-3-5-9(8)13-10/h2-4H,6-7,11H2,1H3,(H,12,13). The fourth-order valence-corrected chi connectivity index (χ4v) is 1.36. The number of aromatic nitrogens is 2. The van der Waals surface area contributed by atoms with Crippen molar-refractivity contribution in [3.05, 3.63) is 24.3 Å². The summed E-state index contributed by atoms with van der Waals surface area (Å²) in [6.45, 7) is 1.41. The molecule has 3 N–H and O–H groups in total. The van der Waals surface area contributed by atoms with Gasteiger partial charge in [0.1, 0.15) is 0 Å². The van der Waals surface area contributed by atoms with Crippen LogP contribution in [0.3, 0.4) is 0 Å². The number of anilines is 1. The van der Waals surface area contributed by atoms with E-state index in [9.17, 15) is 0 Å². The zero-order chi connectivity index (χ0) is 9.97. The Kier molecular flexibility index (Phi) is 2.37. The van der Waals surface area contributed by atoms with Gasteiger partial charge in [-0.15, -0.1) is 0 Å². The Balaban J connectivity index is 2.35. The summed E-state index contributed by atoms with van der Waals surface area (Å²) in [7, 11) is 1.96. The number of nitrogens with zero attached hydrogens (tertiary/aromatic N) is 2. The smallest absolute Gasteiger partial charge is 0.203 e. The fraction of sp³-hybridized carbons (Fsp3) is 0.300. The monoisotopic (exact) mass is 189 g/mol. The van der Waals surface area contributed by atoms with Gasteiger partial charge < -0.3 is 15.6 Å². The van der Waals surface area contributed by atoms with Crippen LogP contribution in [0.5, 0.6) is 0 Å². The SMILES string of the molecule is CN(CCN)c1nc2[c]cccc2[nH]1. The molecule has 0 aliphatic rings. The van der Waals surface area contributed by atoms with Crippen molar-refractivity contribution >= 4 is 17.0 Å². The molecule has 0 aliphatic carbocycles. The molecule has 2 rings (SSSR count). The van der Waals surface area contributed by atoms with Crippen molar-refractivity contribution in [3.8, 4) is 0 Å². The first kappa shape index (κ1) is 9.02. The van der Waals surface area contributed by atoms with E-state index in [2.05, 4.69) is 16.0 Å². The number of fused-ring (bicyclic) bond motifs is 1. The van der Waals surface area contributed by atoms with E-state index in [4.69, 9.17) is 5.73 Å². The van der Waals surface area contributed by atoms with E-state index < -0.39 is 0 Å². The second-order valence-electron chi connectivity index (χ2n) is 3.20. The van der Waals surface area contributed by atoms with Crippen molar-refractivity contribution in [2.45, 2.75) is 0 Å². The Morgan fingerprint density at radius 2 is 2.50 bits per heavy atom. The molecule has 1 aromatic heterocycles. The van der Waals surface area contributed by atoms with Gasteiger partial charge in [-0.1, -0.05) is 12.1 Å². The van der Waals surface area contributed by atoms with Gasteiger partial charge in [0, 0.05) is 26.2 Å². The van der Waals surface area contributed by atoms with Crippen LogP contribution in [0.15, 0.2) is 18.2 Å². The summed E-state index contributed by atoms with van der Waals surface area (Å²) in [5, 5.41) is 0. The van der Waals surface area contributed by atoms with Crippen molar-refractivity contribution in [2.75, 3.05) is 25.0 Å². The van der Waals surface area contributed by atoms with Gasteiger partial charge in [0.15, 0.2) is 0 Å². The largest absolute Gasteiger partial charge is 0.344 e. The van der Waals surface area contributed by atoms with Gasteiger partial charge in [0.2, 0.25) is 5.95 Å². The van der Waals surface area contributed by atoms with Crippen LogP contribution in [0.2, 0.25) is 0 Å². The number of H-pyrrole nitrogens is 1. The highest BCUT2D eigenvalue weighted by Gasteiger charge is 2.05.